The molecule has 0 saturated carbocycles. The average molecular weight is 210 g/mol. The highest BCUT2D eigenvalue weighted by Crippen LogP contribution is 2.32. The summed E-state index contributed by atoms with van der Waals surface area (Å²) in [6, 6.07) is 4.58. The quantitative estimate of drug-likeness (QED) is 0.704. The molecule has 2 atom stereocenters. The summed E-state index contributed by atoms with van der Waals surface area (Å²) in [5, 5.41) is 3.97. The SMILES string of the molecule is Clc1ccc(N2C[C@@H]3CNC[C@@H]32)cn1. The molecule has 0 amide bonds. The summed E-state index contributed by atoms with van der Waals surface area (Å²) in [6.45, 7) is 3.43. The molecule has 0 unspecified atom stereocenters. The van der Waals surface area contributed by atoms with E-state index in [1.807, 2.05) is 18.3 Å². The Labute approximate surface area is 88.1 Å². The first-order valence-corrected chi connectivity index (χ1v) is 5.31. The number of fused-ring (bicyclic) bond motifs is 1. The third-order valence-corrected chi connectivity index (χ3v) is 3.40. The molecule has 2 fully saturated rings. The molecule has 0 aliphatic carbocycles. The number of nitrogens with zero attached hydrogens (tertiary/aromatic N) is 2. The summed E-state index contributed by atoms with van der Waals surface area (Å²) < 4.78 is 0. The third kappa shape index (κ3) is 1.20. The Morgan fingerprint density at radius 3 is 3.07 bits per heavy atom. The third-order valence-electron chi connectivity index (χ3n) is 3.18. The van der Waals surface area contributed by atoms with E-state index in [9.17, 15) is 0 Å². The van der Waals surface area contributed by atoms with Crippen molar-refractivity contribution < 1.29 is 0 Å². The van der Waals surface area contributed by atoms with Gasteiger partial charge in [-0.05, 0) is 12.1 Å². The van der Waals surface area contributed by atoms with Crippen molar-refractivity contribution in [2.75, 3.05) is 24.5 Å². The lowest BCUT2D eigenvalue weighted by Gasteiger charge is -2.45. The van der Waals surface area contributed by atoms with E-state index in [2.05, 4.69) is 15.2 Å². The second-order valence-electron chi connectivity index (χ2n) is 3.98. The first-order valence-electron chi connectivity index (χ1n) is 4.93. The first-order chi connectivity index (χ1) is 6.84. The van der Waals surface area contributed by atoms with Crippen molar-refractivity contribution >= 4 is 17.3 Å². The van der Waals surface area contributed by atoms with Gasteiger partial charge in [0.15, 0.2) is 0 Å². The van der Waals surface area contributed by atoms with Gasteiger partial charge in [0.1, 0.15) is 5.15 Å². The van der Waals surface area contributed by atoms with E-state index in [0.717, 1.165) is 19.0 Å². The van der Waals surface area contributed by atoms with Crippen LogP contribution in [0.15, 0.2) is 18.3 Å². The highest BCUT2D eigenvalue weighted by molar-refractivity contribution is 6.29. The van der Waals surface area contributed by atoms with Crippen LogP contribution in [0.2, 0.25) is 5.15 Å². The zero-order chi connectivity index (χ0) is 9.54. The number of pyridine rings is 1. The number of nitrogens with one attached hydrogen (secondary N) is 1. The molecule has 2 aliphatic heterocycles. The summed E-state index contributed by atoms with van der Waals surface area (Å²) in [7, 11) is 0. The zero-order valence-corrected chi connectivity index (χ0v) is 8.54. The lowest BCUT2D eigenvalue weighted by molar-refractivity contribution is 0.365. The molecule has 14 heavy (non-hydrogen) atoms. The lowest BCUT2D eigenvalue weighted by atomic mass is 9.91. The summed E-state index contributed by atoms with van der Waals surface area (Å²) in [6.07, 6.45) is 1.86. The van der Waals surface area contributed by atoms with E-state index in [1.54, 1.807) is 0 Å². The van der Waals surface area contributed by atoms with Gasteiger partial charge in [-0.2, -0.15) is 0 Å². The molecular weight excluding hydrogens is 198 g/mol. The van der Waals surface area contributed by atoms with Gasteiger partial charge in [-0.1, -0.05) is 11.6 Å². The van der Waals surface area contributed by atoms with Crippen LogP contribution in [0.25, 0.3) is 0 Å². The number of hydrogen-bond donors (Lipinski definition) is 1. The highest BCUT2D eigenvalue weighted by Gasteiger charge is 2.42. The average Bonchev–Trinajstić information content (AvgIpc) is 2.52. The van der Waals surface area contributed by atoms with E-state index in [0.29, 0.717) is 11.2 Å². The molecule has 0 bridgehead atoms. The molecule has 4 heteroatoms. The van der Waals surface area contributed by atoms with Crippen LogP contribution < -0.4 is 10.2 Å². The minimum absolute atomic E-state index is 0.565. The number of aromatic nitrogens is 1. The van der Waals surface area contributed by atoms with Crippen molar-refractivity contribution in [1.82, 2.24) is 10.3 Å². The van der Waals surface area contributed by atoms with Crippen LogP contribution in [-0.2, 0) is 0 Å². The van der Waals surface area contributed by atoms with Crippen molar-refractivity contribution in [2.45, 2.75) is 6.04 Å². The minimum Gasteiger partial charge on any atom is -0.365 e. The van der Waals surface area contributed by atoms with E-state index >= 15 is 0 Å². The zero-order valence-electron chi connectivity index (χ0n) is 7.78. The maximum absolute atomic E-state index is 5.75. The number of rotatable bonds is 1. The summed E-state index contributed by atoms with van der Waals surface area (Å²) in [5.41, 5.74) is 1.19. The molecule has 1 N–H and O–H groups in total. The molecule has 2 saturated heterocycles. The molecule has 0 aromatic carbocycles. The van der Waals surface area contributed by atoms with E-state index in [1.165, 1.54) is 12.2 Å². The number of hydrogen-bond acceptors (Lipinski definition) is 3. The maximum Gasteiger partial charge on any atom is 0.129 e. The Bertz CT molecular complexity index is 338. The highest BCUT2D eigenvalue weighted by atomic mass is 35.5. The molecule has 74 valence electrons. The fourth-order valence-electron chi connectivity index (χ4n) is 2.36. The minimum atomic E-state index is 0.565. The molecule has 1 aromatic rings. The van der Waals surface area contributed by atoms with Gasteiger partial charge in [-0.15, -0.1) is 0 Å². The van der Waals surface area contributed by atoms with Gasteiger partial charge >= 0.3 is 0 Å². The van der Waals surface area contributed by atoms with Gasteiger partial charge in [0, 0.05) is 31.6 Å². The largest absolute Gasteiger partial charge is 0.365 e. The standard InChI is InChI=1S/C10H12ClN3/c11-10-2-1-8(4-13-10)14-6-7-3-12-5-9(7)14/h1-2,4,7,9,12H,3,5-6H2/t7-,9-/m0/s1. The van der Waals surface area contributed by atoms with Crippen molar-refractivity contribution in [3.05, 3.63) is 23.5 Å². The Hall–Kier alpha value is -0.800. The summed E-state index contributed by atoms with van der Waals surface area (Å²) in [5.74, 6) is 0.839. The monoisotopic (exact) mass is 209 g/mol. The molecule has 3 rings (SSSR count). The fourth-order valence-corrected chi connectivity index (χ4v) is 2.47. The molecule has 1 aromatic heterocycles. The fraction of sp³-hybridized carbons (Fsp3) is 0.500. The maximum atomic E-state index is 5.75. The molecule has 3 nitrogen and oxygen atoms in total. The van der Waals surface area contributed by atoms with Crippen molar-refractivity contribution in [2.24, 2.45) is 5.92 Å². The Balaban J connectivity index is 1.80. The second-order valence-corrected chi connectivity index (χ2v) is 4.36. The lowest BCUT2D eigenvalue weighted by Crippen LogP contribution is -2.55. The molecular formula is C10H12ClN3. The normalized spacial score (nSPS) is 29.9. The van der Waals surface area contributed by atoms with Gasteiger partial charge in [0.25, 0.3) is 0 Å². The van der Waals surface area contributed by atoms with E-state index < -0.39 is 0 Å². The van der Waals surface area contributed by atoms with Crippen LogP contribution in [0.4, 0.5) is 5.69 Å². The van der Waals surface area contributed by atoms with Crippen LogP contribution in [0.1, 0.15) is 0 Å². The van der Waals surface area contributed by atoms with Gasteiger partial charge in [-0.25, -0.2) is 4.98 Å². The summed E-state index contributed by atoms with van der Waals surface area (Å²) >= 11 is 5.75. The topological polar surface area (TPSA) is 28.2 Å². The van der Waals surface area contributed by atoms with Crippen molar-refractivity contribution in [3.63, 3.8) is 0 Å². The van der Waals surface area contributed by atoms with Gasteiger partial charge in [0.2, 0.25) is 0 Å². The van der Waals surface area contributed by atoms with Gasteiger partial charge in [0.05, 0.1) is 11.9 Å². The smallest absolute Gasteiger partial charge is 0.129 e. The Kier molecular flexibility index (Phi) is 1.89. The predicted molar refractivity (Wildman–Crippen MR) is 56.7 cm³/mol. The van der Waals surface area contributed by atoms with Crippen LogP contribution in [0.3, 0.4) is 0 Å². The molecule has 2 aliphatic rings. The number of halogens is 1. The molecule has 0 spiro atoms. The van der Waals surface area contributed by atoms with Gasteiger partial charge in [-0.3, -0.25) is 0 Å². The molecule has 3 heterocycles. The first kappa shape index (κ1) is 8.50. The van der Waals surface area contributed by atoms with Crippen LogP contribution in [-0.4, -0.2) is 30.7 Å². The van der Waals surface area contributed by atoms with Gasteiger partial charge < -0.3 is 10.2 Å². The summed E-state index contributed by atoms with van der Waals surface area (Å²) in [4.78, 5) is 6.50. The number of anilines is 1. The van der Waals surface area contributed by atoms with Crippen LogP contribution in [0.5, 0.6) is 0 Å². The van der Waals surface area contributed by atoms with E-state index in [4.69, 9.17) is 11.6 Å². The second kappa shape index (κ2) is 3.11. The van der Waals surface area contributed by atoms with E-state index in [-0.39, 0.29) is 0 Å². The van der Waals surface area contributed by atoms with Crippen LogP contribution in [0, 0.1) is 5.92 Å². The Morgan fingerprint density at radius 2 is 2.36 bits per heavy atom. The van der Waals surface area contributed by atoms with Crippen LogP contribution >= 0.6 is 11.6 Å². The Morgan fingerprint density at radius 1 is 1.43 bits per heavy atom. The van der Waals surface area contributed by atoms with Crippen molar-refractivity contribution in [1.29, 1.82) is 0 Å². The molecule has 0 radical (unpaired) electrons. The predicted octanol–water partition coefficient (Wildman–Crippen LogP) is 1.14. The van der Waals surface area contributed by atoms with Crippen molar-refractivity contribution in [3.8, 4) is 0 Å².